The molecule has 1 aliphatic heterocycles. The molecule has 3 rings (SSSR count). The van der Waals surface area contributed by atoms with Crippen LogP contribution >= 0.6 is 0 Å². The molecule has 0 aliphatic carbocycles. The van der Waals surface area contributed by atoms with Crippen molar-refractivity contribution in [3.63, 3.8) is 0 Å². The number of Topliss-reactive ketones (excluding diaryl/α,β-unsaturated/α-hetero) is 1. The predicted molar refractivity (Wildman–Crippen MR) is 92.1 cm³/mol. The summed E-state index contributed by atoms with van der Waals surface area (Å²) < 4.78 is 13.3. The molecule has 0 spiro atoms. The fraction of sp³-hybridized carbons (Fsp3) is 0.200. The van der Waals surface area contributed by atoms with E-state index in [1.807, 2.05) is 6.92 Å². The van der Waals surface area contributed by atoms with E-state index in [0.717, 1.165) is 0 Å². The van der Waals surface area contributed by atoms with Gasteiger partial charge in [-0.15, -0.1) is 0 Å². The number of aliphatic hydroxyl groups is 1. The quantitative estimate of drug-likeness (QED) is 0.525. The van der Waals surface area contributed by atoms with E-state index in [9.17, 15) is 19.1 Å². The third-order valence-electron chi connectivity index (χ3n) is 4.24. The van der Waals surface area contributed by atoms with E-state index in [2.05, 4.69) is 0 Å². The molecule has 4 nitrogen and oxygen atoms in total. The second kappa shape index (κ2) is 6.89. The van der Waals surface area contributed by atoms with Crippen molar-refractivity contribution >= 4 is 17.4 Å². The van der Waals surface area contributed by atoms with E-state index < -0.39 is 23.5 Å². The van der Waals surface area contributed by atoms with Crippen LogP contribution in [0.25, 0.3) is 5.76 Å². The van der Waals surface area contributed by atoms with Gasteiger partial charge < -0.3 is 10.0 Å². The van der Waals surface area contributed by atoms with Crippen LogP contribution in [0.5, 0.6) is 0 Å². The Balaban J connectivity index is 2.18. The highest BCUT2D eigenvalue weighted by atomic mass is 19.1. The largest absolute Gasteiger partial charge is 0.507 e. The molecule has 0 radical (unpaired) electrons. The van der Waals surface area contributed by atoms with E-state index in [-0.39, 0.29) is 11.3 Å². The number of rotatable bonds is 4. The van der Waals surface area contributed by atoms with Crippen molar-refractivity contribution in [1.82, 2.24) is 4.90 Å². The van der Waals surface area contributed by atoms with Crippen molar-refractivity contribution < 1.29 is 19.1 Å². The maximum atomic E-state index is 13.3. The summed E-state index contributed by atoms with van der Waals surface area (Å²) in [5.41, 5.74) is 1.09. The molecule has 1 fully saturated rings. The number of amides is 1. The first-order valence-electron chi connectivity index (χ1n) is 8.14. The molecule has 1 aliphatic rings. The highest BCUT2D eigenvalue weighted by Gasteiger charge is 2.45. The summed E-state index contributed by atoms with van der Waals surface area (Å²) in [5.74, 6) is -1.98. The van der Waals surface area contributed by atoms with Crippen LogP contribution in [-0.4, -0.2) is 28.2 Å². The van der Waals surface area contributed by atoms with Gasteiger partial charge in [-0.05, 0) is 24.1 Å². The molecule has 1 N–H and O–H groups in total. The summed E-state index contributed by atoms with van der Waals surface area (Å²) in [5, 5.41) is 10.7. The Morgan fingerprint density at radius 1 is 1.08 bits per heavy atom. The van der Waals surface area contributed by atoms with Crippen molar-refractivity contribution in [1.29, 1.82) is 0 Å². The Kier molecular flexibility index (Phi) is 4.65. The molecule has 2 aromatic carbocycles. The van der Waals surface area contributed by atoms with Crippen LogP contribution in [-0.2, 0) is 9.59 Å². The Hall–Kier alpha value is -2.95. The zero-order valence-electron chi connectivity index (χ0n) is 13.8. The number of hydrogen-bond acceptors (Lipinski definition) is 3. The highest BCUT2D eigenvalue weighted by Crippen LogP contribution is 2.39. The van der Waals surface area contributed by atoms with Gasteiger partial charge in [-0.1, -0.05) is 49.4 Å². The van der Waals surface area contributed by atoms with Gasteiger partial charge in [-0.3, -0.25) is 9.59 Å². The van der Waals surface area contributed by atoms with Crippen LogP contribution in [0.15, 0.2) is 60.2 Å². The standard InChI is InChI=1S/C20H18FNO3/c1-2-12-22-17(13-8-10-15(21)11-9-13)16(19(24)20(22)25)18(23)14-6-4-3-5-7-14/h3-11,17,23H,2,12H2,1H3/b18-16-. The molecule has 1 amide bonds. The van der Waals surface area contributed by atoms with E-state index in [4.69, 9.17) is 0 Å². The molecule has 1 heterocycles. The molecule has 25 heavy (non-hydrogen) atoms. The average molecular weight is 339 g/mol. The van der Waals surface area contributed by atoms with Crippen molar-refractivity contribution in [2.45, 2.75) is 19.4 Å². The number of benzene rings is 2. The van der Waals surface area contributed by atoms with Gasteiger partial charge in [0.05, 0.1) is 11.6 Å². The number of carbonyl (C=O) groups is 2. The van der Waals surface area contributed by atoms with Crippen LogP contribution < -0.4 is 0 Å². The minimum Gasteiger partial charge on any atom is -0.507 e. The lowest BCUT2D eigenvalue weighted by Crippen LogP contribution is -2.30. The van der Waals surface area contributed by atoms with Gasteiger partial charge in [-0.25, -0.2) is 4.39 Å². The summed E-state index contributed by atoms with van der Waals surface area (Å²) >= 11 is 0. The van der Waals surface area contributed by atoms with Crippen molar-refractivity contribution in [3.8, 4) is 0 Å². The zero-order valence-corrected chi connectivity index (χ0v) is 13.8. The Morgan fingerprint density at radius 3 is 2.32 bits per heavy atom. The molecule has 2 aromatic rings. The lowest BCUT2D eigenvalue weighted by Gasteiger charge is -2.24. The van der Waals surface area contributed by atoms with Gasteiger partial charge in [0.2, 0.25) is 0 Å². The van der Waals surface area contributed by atoms with E-state index in [1.165, 1.54) is 29.2 Å². The summed E-state index contributed by atoms with van der Waals surface area (Å²) in [4.78, 5) is 26.5. The van der Waals surface area contributed by atoms with Gasteiger partial charge in [-0.2, -0.15) is 0 Å². The number of nitrogens with zero attached hydrogens (tertiary/aromatic N) is 1. The zero-order chi connectivity index (χ0) is 18.0. The summed E-state index contributed by atoms with van der Waals surface area (Å²) in [6.45, 7) is 2.27. The SMILES string of the molecule is CCCN1C(=O)C(=O)/C(=C(\O)c2ccccc2)C1c1ccc(F)cc1. The lowest BCUT2D eigenvalue weighted by molar-refractivity contribution is -0.139. The Morgan fingerprint density at radius 2 is 1.72 bits per heavy atom. The summed E-state index contributed by atoms with van der Waals surface area (Å²) in [7, 11) is 0. The molecular weight excluding hydrogens is 321 g/mol. The van der Waals surface area contributed by atoms with Crippen LogP contribution in [0.2, 0.25) is 0 Å². The molecular formula is C20H18FNO3. The highest BCUT2D eigenvalue weighted by molar-refractivity contribution is 6.46. The van der Waals surface area contributed by atoms with Crippen LogP contribution in [0.3, 0.4) is 0 Å². The second-order valence-electron chi connectivity index (χ2n) is 5.91. The first-order valence-corrected chi connectivity index (χ1v) is 8.14. The van der Waals surface area contributed by atoms with Crippen molar-refractivity contribution in [3.05, 3.63) is 77.1 Å². The Labute approximate surface area is 145 Å². The fourth-order valence-corrected chi connectivity index (χ4v) is 3.09. The smallest absolute Gasteiger partial charge is 0.295 e. The van der Waals surface area contributed by atoms with Gasteiger partial charge in [0.15, 0.2) is 0 Å². The maximum absolute atomic E-state index is 13.3. The lowest BCUT2D eigenvalue weighted by atomic mass is 9.95. The van der Waals surface area contributed by atoms with E-state index >= 15 is 0 Å². The minimum atomic E-state index is -0.722. The molecule has 1 unspecified atom stereocenters. The van der Waals surface area contributed by atoms with E-state index in [1.54, 1.807) is 30.3 Å². The average Bonchev–Trinajstić information content (AvgIpc) is 2.88. The number of likely N-dealkylation sites (tertiary alicyclic amines) is 1. The number of ketones is 1. The topological polar surface area (TPSA) is 57.6 Å². The third-order valence-corrected chi connectivity index (χ3v) is 4.24. The first kappa shape index (κ1) is 16.9. The number of halogens is 1. The molecule has 0 bridgehead atoms. The number of carbonyl (C=O) groups excluding carboxylic acids is 2. The second-order valence-corrected chi connectivity index (χ2v) is 5.91. The molecule has 1 atom stereocenters. The predicted octanol–water partition coefficient (Wildman–Crippen LogP) is 3.66. The van der Waals surface area contributed by atoms with Gasteiger partial charge in [0, 0.05) is 12.1 Å². The first-order chi connectivity index (χ1) is 12.0. The monoisotopic (exact) mass is 339 g/mol. The van der Waals surface area contributed by atoms with Crippen LogP contribution in [0.4, 0.5) is 4.39 Å². The van der Waals surface area contributed by atoms with Gasteiger partial charge in [0.1, 0.15) is 11.6 Å². The molecule has 128 valence electrons. The molecule has 0 saturated carbocycles. The number of aliphatic hydroxyl groups excluding tert-OH is 1. The Bertz CT molecular complexity index is 828. The molecule has 5 heteroatoms. The summed E-state index contributed by atoms with van der Waals surface area (Å²) in [6.07, 6.45) is 0.663. The van der Waals surface area contributed by atoms with Crippen molar-refractivity contribution in [2.24, 2.45) is 0 Å². The molecule has 1 saturated heterocycles. The van der Waals surface area contributed by atoms with Gasteiger partial charge >= 0.3 is 0 Å². The van der Waals surface area contributed by atoms with Crippen molar-refractivity contribution in [2.75, 3.05) is 6.54 Å². The van der Waals surface area contributed by atoms with Gasteiger partial charge in [0.25, 0.3) is 11.7 Å². The maximum Gasteiger partial charge on any atom is 0.295 e. The minimum absolute atomic E-state index is 0.0382. The van der Waals surface area contributed by atoms with Crippen LogP contribution in [0.1, 0.15) is 30.5 Å². The summed E-state index contributed by atoms with van der Waals surface area (Å²) in [6, 6.07) is 13.5. The van der Waals surface area contributed by atoms with E-state index in [0.29, 0.717) is 24.1 Å². The van der Waals surface area contributed by atoms with Crippen LogP contribution in [0, 0.1) is 5.82 Å². The molecule has 0 aromatic heterocycles. The third kappa shape index (κ3) is 3.05. The normalized spacial score (nSPS) is 19.4. The number of hydrogen-bond donors (Lipinski definition) is 1. The fourth-order valence-electron chi connectivity index (χ4n) is 3.09.